The molecule has 1 aromatic heterocycles. The summed E-state index contributed by atoms with van der Waals surface area (Å²) in [5.74, 6) is 0.112. The molecule has 0 saturated carbocycles. The number of rotatable bonds is 9. The van der Waals surface area contributed by atoms with Crippen LogP contribution in [-0.4, -0.2) is 30.9 Å². The van der Waals surface area contributed by atoms with E-state index in [4.69, 9.17) is 4.42 Å². The zero-order chi connectivity index (χ0) is 23.5. The van der Waals surface area contributed by atoms with Crippen molar-refractivity contribution >= 4 is 21.0 Å². The van der Waals surface area contributed by atoms with E-state index in [1.165, 1.54) is 16.4 Å². The summed E-state index contributed by atoms with van der Waals surface area (Å²) in [6.45, 7) is 8.83. The van der Waals surface area contributed by atoms with E-state index in [0.717, 1.165) is 22.1 Å². The van der Waals surface area contributed by atoms with Crippen molar-refractivity contribution in [3.05, 3.63) is 69.6 Å². The van der Waals surface area contributed by atoms with Crippen molar-refractivity contribution in [2.75, 3.05) is 13.1 Å². The van der Waals surface area contributed by atoms with Crippen LogP contribution in [0.2, 0.25) is 0 Å². The third-order valence-corrected chi connectivity index (χ3v) is 7.80. The molecule has 172 valence electrons. The molecule has 2 N–H and O–H groups in total. The van der Waals surface area contributed by atoms with Gasteiger partial charge in [0.1, 0.15) is 11.3 Å². The lowest BCUT2D eigenvalue weighted by Gasteiger charge is -2.19. The number of benzene rings is 2. The monoisotopic (exact) mass is 458 g/mol. The van der Waals surface area contributed by atoms with Crippen molar-refractivity contribution in [3.63, 3.8) is 0 Å². The van der Waals surface area contributed by atoms with Crippen molar-refractivity contribution in [1.82, 2.24) is 9.62 Å². The SMILES string of the molecule is CCc1cc2c(CNC(C)c3ccc(S(=O)(=O)N(CC)CC)cc3)cc(=O)oc2cc1O. The fourth-order valence-electron chi connectivity index (χ4n) is 3.76. The molecule has 0 amide bonds. The maximum absolute atomic E-state index is 12.7. The molecule has 0 radical (unpaired) electrons. The lowest BCUT2D eigenvalue weighted by Crippen LogP contribution is -2.30. The number of aryl methyl sites for hydroxylation is 1. The maximum Gasteiger partial charge on any atom is 0.336 e. The second kappa shape index (κ2) is 9.85. The average Bonchev–Trinajstić information content (AvgIpc) is 2.77. The number of nitrogens with zero attached hydrogens (tertiary/aromatic N) is 1. The highest BCUT2D eigenvalue weighted by Crippen LogP contribution is 2.27. The van der Waals surface area contributed by atoms with Crippen LogP contribution in [0.15, 0.2) is 56.6 Å². The number of fused-ring (bicyclic) bond motifs is 1. The van der Waals surface area contributed by atoms with Gasteiger partial charge in [-0.15, -0.1) is 0 Å². The first-order valence-corrected chi connectivity index (χ1v) is 12.3. The number of hydrogen-bond acceptors (Lipinski definition) is 6. The van der Waals surface area contributed by atoms with Gasteiger partial charge in [-0.2, -0.15) is 4.31 Å². The van der Waals surface area contributed by atoms with Gasteiger partial charge in [0.2, 0.25) is 10.0 Å². The van der Waals surface area contributed by atoms with Gasteiger partial charge in [0, 0.05) is 43.2 Å². The van der Waals surface area contributed by atoms with Gasteiger partial charge < -0.3 is 14.8 Å². The Morgan fingerprint density at radius 2 is 1.69 bits per heavy atom. The Kier molecular flexibility index (Phi) is 7.38. The van der Waals surface area contributed by atoms with Gasteiger partial charge in [-0.05, 0) is 48.2 Å². The zero-order valence-electron chi connectivity index (χ0n) is 18.9. The zero-order valence-corrected chi connectivity index (χ0v) is 19.7. The molecule has 32 heavy (non-hydrogen) atoms. The van der Waals surface area contributed by atoms with E-state index in [9.17, 15) is 18.3 Å². The van der Waals surface area contributed by atoms with Crippen molar-refractivity contribution in [2.45, 2.75) is 51.6 Å². The summed E-state index contributed by atoms with van der Waals surface area (Å²) in [5.41, 5.74) is 2.37. The molecule has 3 rings (SSSR count). The predicted octanol–water partition coefficient (Wildman–Crippen LogP) is 3.94. The largest absolute Gasteiger partial charge is 0.508 e. The lowest BCUT2D eigenvalue weighted by atomic mass is 10.0. The summed E-state index contributed by atoms with van der Waals surface area (Å²) in [6, 6.07) is 11.6. The van der Waals surface area contributed by atoms with Gasteiger partial charge in [0.15, 0.2) is 0 Å². The topological polar surface area (TPSA) is 99.9 Å². The van der Waals surface area contributed by atoms with Gasteiger partial charge in [-0.25, -0.2) is 13.2 Å². The van der Waals surface area contributed by atoms with Gasteiger partial charge in [-0.3, -0.25) is 0 Å². The molecule has 0 fully saturated rings. The normalized spacial score (nSPS) is 13.0. The first kappa shape index (κ1) is 24.0. The first-order valence-electron chi connectivity index (χ1n) is 10.8. The number of phenols is 1. The average molecular weight is 459 g/mol. The van der Waals surface area contributed by atoms with Gasteiger partial charge >= 0.3 is 5.63 Å². The molecule has 1 unspecified atom stereocenters. The highest BCUT2D eigenvalue weighted by Gasteiger charge is 2.21. The predicted molar refractivity (Wildman–Crippen MR) is 125 cm³/mol. The van der Waals surface area contributed by atoms with E-state index in [1.807, 2.05) is 33.8 Å². The molecule has 0 spiro atoms. The molecule has 8 heteroatoms. The standard InChI is InChI=1S/C24H30N2O5S/c1-5-17-12-21-19(13-24(28)31-23(21)14-22(17)27)15-25-16(4)18-8-10-20(11-9-18)32(29,30)26(6-2)7-3/h8-14,16,25,27H,5-7,15H2,1-4H3. The number of sulfonamides is 1. The summed E-state index contributed by atoms with van der Waals surface area (Å²) >= 11 is 0. The molecule has 3 aromatic rings. The van der Waals surface area contributed by atoms with Crippen LogP contribution in [0.5, 0.6) is 5.75 Å². The highest BCUT2D eigenvalue weighted by atomic mass is 32.2. The number of aromatic hydroxyl groups is 1. The molecule has 2 aromatic carbocycles. The third kappa shape index (κ3) is 4.87. The van der Waals surface area contributed by atoms with E-state index in [0.29, 0.717) is 31.6 Å². The number of hydrogen-bond donors (Lipinski definition) is 2. The van der Waals surface area contributed by atoms with Crippen LogP contribution in [-0.2, 0) is 23.0 Å². The minimum atomic E-state index is -3.49. The lowest BCUT2D eigenvalue weighted by molar-refractivity contribution is 0.445. The van der Waals surface area contributed by atoms with Crippen LogP contribution in [0, 0.1) is 0 Å². The fraction of sp³-hybridized carbons (Fsp3) is 0.375. The number of nitrogens with one attached hydrogen (secondary N) is 1. The van der Waals surface area contributed by atoms with E-state index < -0.39 is 15.6 Å². The molecule has 7 nitrogen and oxygen atoms in total. The summed E-state index contributed by atoms with van der Waals surface area (Å²) < 4.78 is 32.0. The molecular formula is C24H30N2O5S. The molecule has 0 bridgehead atoms. The van der Waals surface area contributed by atoms with Crippen molar-refractivity contribution < 1.29 is 17.9 Å². The van der Waals surface area contributed by atoms with Gasteiger partial charge in [0.25, 0.3) is 0 Å². The van der Waals surface area contributed by atoms with E-state index in [2.05, 4.69) is 5.32 Å². The maximum atomic E-state index is 12.7. The molecule has 0 aliphatic rings. The van der Waals surface area contributed by atoms with E-state index >= 15 is 0 Å². The van der Waals surface area contributed by atoms with Crippen LogP contribution >= 0.6 is 0 Å². The fourth-order valence-corrected chi connectivity index (χ4v) is 5.22. The van der Waals surface area contributed by atoms with Gasteiger partial charge in [0.05, 0.1) is 4.90 Å². The summed E-state index contributed by atoms with van der Waals surface area (Å²) in [5, 5.41) is 14.2. The molecular weight excluding hydrogens is 428 g/mol. The Bertz CT molecular complexity index is 1250. The summed E-state index contributed by atoms with van der Waals surface area (Å²) in [6.07, 6.45) is 0.660. The van der Waals surface area contributed by atoms with Crippen LogP contribution in [0.4, 0.5) is 0 Å². The quantitative estimate of drug-likeness (QED) is 0.471. The van der Waals surface area contributed by atoms with Crippen molar-refractivity contribution in [3.8, 4) is 5.75 Å². The van der Waals surface area contributed by atoms with Crippen LogP contribution in [0.25, 0.3) is 11.0 Å². The molecule has 0 aliphatic heterocycles. The van der Waals surface area contributed by atoms with E-state index in [1.54, 1.807) is 24.3 Å². The van der Waals surface area contributed by atoms with Gasteiger partial charge in [-0.1, -0.05) is 32.9 Å². The Labute approximate surface area is 188 Å². The summed E-state index contributed by atoms with van der Waals surface area (Å²) in [4.78, 5) is 12.3. The second-order valence-electron chi connectivity index (χ2n) is 7.68. The summed E-state index contributed by atoms with van der Waals surface area (Å²) in [7, 11) is -3.49. The highest BCUT2D eigenvalue weighted by molar-refractivity contribution is 7.89. The Balaban J connectivity index is 1.81. The molecule has 1 atom stereocenters. The van der Waals surface area contributed by atoms with Crippen molar-refractivity contribution in [1.29, 1.82) is 0 Å². The molecule has 0 aliphatic carbocycles. The Morgan fingerprint density at radius 1 is 1.03 bits per heavy atom. The number of phenolic OH excluding ortho intramolecular Hbond substituents is 1. The smallest absolute Gasteiger partial charge is 0.336 e. The Morgan fingerprint density at radius 3 is 2.28 bits per heavy atom. The third-order valence-electron chi connectivity index (χ3n) is 5.73. The van der Waals surface area contributed by atoms with Crippen LogP contribution in [0.3, 0.4) is 0 Å². The second-order valence-corrected chi connectivity index (χ2v) is 9.62. The molecule has 0 saturated heterocycles. The minimum absolute atomic E-state index is 0.0785. The minimum Gasteiger partial charge on any atom is -0.508 e. The van der Waals surface area contributed by atoms with Crippen molar-refractivity contribution in [2.24, 2.45) is 0 Å². The van der Waals surface area contributed by atoms with Crippen LogP contribution in [0.1, 0.15) is 50.4 Å². The van der Waals surface area contributed by atoms with Crippen LogP contribution < -0.4 is 10.9 Å². The Hall–Kier alpha value is -2.68. The molecule has 1 heterocycles. The first-order chi connectivity index (χ1) is 15.2. The van der Waals surface area contributed by atoms with E-state index in [-0.39, 0.29) is 16.7 Å².